The average molecular weight is 325 g/mol. The van der Waals surface area contributed by atoms with E-state index in [-0.39, 0.29) is 18.3 Å². The van der Waals surface area contributed by atoms with Gasteiger partial charge in [0.15, 0.2) is 6.10 Å². The number of carbonyl (C=O) groups is 1. The van der Waals surface area contributed by atoms with E-state index in [4.69, 9.17) is 9.47 Å². The van der Waals surface area contributed by atoms with Crippen molar-refractivity contribution in [2.75, 3.05) is 7.05 Å². The molecule has 0 N–H and O–H groups in total. The topological polar surface area (TPSA) is 38.8 Å². The van der Waals surface area contributed by atoms with Crippen LogP contribution in [-0.4, -0.2) is 30.2 Å². The van der Waals surface area contributed by atoms with Crippen molar-refractivity contribution in [2.45, 2.75) is 38.7 Å². The van der Waals surface area contributed by atoms with Crippen molar-refractivity contribution >= 4 is 6.09 Å². The van der Waals surface area contributed by atoms with E-state index in [0.29, 0.717) is 0 Å². The van der Waals surface area contributed by atoms with Crippen LogP contribution < -0.4 is 0 Å². The second-order valence-corrected chi connectivity index (χ2v) is 6.39. The standard InChI is InChI=1S/C20H23NO3/c1-14(2)24-20(15(3)23-19(22)21(20)4)18-12-10-17(11-13-18)16-8-6-5-7-9-16/h5-15H,1-4H3. The van der Waals surface area contributed by atoms with Crippen molar-refractivity contribution in [2.24, 2.45) is 0 Å². The van der Waals surface area contributed by atoms with Gasteiger partial charge in [-0.2, -0.15) is 0 Å². The summed E-state index contributed by atoms with van der Waals surface area (Å²) in [4.78, 5) is 13.6. The number of ether oxygens (including phenoxy) is 2. The zero-order valence-electron chi connectivity index (χ0n) is 14.5. The molecule has 4 nitrogen and oxygen atoms in total. The molecule has 24 heavy (non-hydrogen) atoms. The van der Waals surface area contributed by atoms with Gasteiger partial charge in [-0.05, 0) is 31.9 Å². The fourth-order valence-corrected chi connectivity index (χ4v) is 3.28. The summed E-state index contributed by atoms with van der Waals surface area (Å²) in [5.74, 6) is 0. The lowest BCUT2D eigenvalue weighted by Crippen LogP contribution is -2.49. The number of likely N-dealkylation sites (N-methyl/N-ethyl adjacent to an activating group) is 1. The molecule has 0 spiro atoms. The van der Waals surface area contributed by atoms with Crippen LogP contribution in [-0.2, 0) is 15.2 Å². The highest BCUT2D eigenvalue weighted by Gasteiger charge is 2.54. The molecule has 0 aromatic heterocycles. The first-order chi connectivity index (χ1) is 11.4. The predicted octanol–water partition coefficient (Wildman–Crippen LogP) is 4.40. The van der Waals surface area contributed by atoms with Crippen LogP contribution in [0.2, 0.25) is 0 Å². The minimum absolute atomic E-state index is 0.0433. The van der Waals surface area contributed by atoms with Gasteiger partial charge in [0.1, 0.15) is 0 Å². The monoisotopic (exact) mass is 325 g/mol. The molecule has 1 heterocycles. The highest BCUT2D eigenvalue weighted by molar-refractivity contribution is 5.72. The Morgan fingerprint density at radius 1 is 1.04 bits per heavy atom. The number of rotatable bonds is 4. The molecular formula is C20H23NO3. The van der Waals surface area contributed by atoms with Crippen molar-refractivity contribution in [3.05, 3.63) is 60.2 Å². The predicted molar refractivity (Wildman–Crippen MR) is 93.5 cm³/mol. The Bertz CT molecular complexity index is 711. The molecule has 0 radical (unpaired) electrons. The SMILES string of the molecule is CC(C)OC1(c2ccc(-c3ccccc3)cc2)C(C)OC(=O)N1C. The molecule has 1 fully saturated rings. The van der Waals surface area contributed by atoms with Crippen LogP contribution in [0, 0.1) is 0 Å². The molecule has 2 atom stereocenters. The van der Waals surface area contributed by atoms with E-state index in [0.717, 1.165) is 16.7 Å². The van der Waals surface area contributed by atoms with Crippen LogP contribution in [0.4, 0.5) is 4.79 Å². The number of carbonyl (C=O) groups excluding carboxylic acids is 1. The normalized spacial score (nSPS) is 23.6. The summed E-state index contributed by atoms with van der Waals surface area (Å²) in [6.45, 7) is 5.79. The Kier molecular flexibility index (Phi) is 4.33. The molecule has 0 aliphatic carbocycles. The van der Waals surface area contributed by atoms with Gasteiger partial charge < -0.3 is 9.47 Å². The third-order valence-electron chi connectivity index (χ3n) is 4.42. The summed E-state index contributed by atoms with van der Waals surface area (Å²) in [6.07, 6.45) is -0.798. The second kappa shape index (κ2) is 6.29. The number of benzene rings is 2. The minimum Gasteiger partial charge on any atom is -0.441 e. The van der Waals surface area contributed by atoms with E-state index in [1.54, 1.807) is 11.9 Å². The van der Waals surface area contributed by atoms with Gasteiger partial charge in [0.25, 0.3) is 0 Å². The van der Waals surface area contributed by atoms with Crippen LogP contribution >= 0.6 is 0 Å². The van der Waals surface area contributed by atoms with E-state index >= 15 is 0 Å². The third kappa shape index (κ3) is 2.67. The Labute approximate surface area is 143 Å². The fourth-order valence-electron chi connectivity index (χ4n) is 3.28. The molecule has 1 aliphatic rings. The van der Waals surface area contributed by atoms with Crippen molar-refractivity contribution in [3.63, 3.8) is 0 Å². The van der Waals surface area contributed by atoms with Crippen LogP contribution in [0.3, 0.4) is 0 Å². The van der Waals surface area contributed by atoms with Crippen LogP contribution in [0.25, 0.3) is 11.1 Å². The van der Waals surface area contributed by atoms with E-state index in [2.05, 4.69) is 24.3 Å². The lowest BCUT2D eigenvalue weighted by Gasteiger charge is -2.38. The zero-order chi connectivity index (χ0) is 17.3. The van der Waals surface area contributed by atoms with Crippen LogP contribution in [0.15, 0.2) is 54.6 Å². The van der Waals surface area contributed by atoms with E-state index < -0.39 is 5.72 Å². The number of hydrogen-bond acceptors (Lipinski definition) is 3. The largest absolute Gasteiger partial charge is 0.441 e. The summed E-state index contributed by atoms with van der Waals surface area (Å²) in [5.41, 5.74) is 2.29. The summed E-state index contributed by atoms with van der Waals surface area (Å²) in [6, 6.07) is 18.3. The van der Waals surface area contributed by atoms with Gasteiger partial charge >= 0.3 is 6.09 Å². The van der Waals surface area contributed by atoms with E-state index in [9.17, 15) is 4.79 Å². The van der Waals surface area contributed by atoms with E-state index in [1.807, 2.05) is 51.1 Å². The maximum absolute atomic E-state index is 12.1. The van der Waals surface area contributed by atoms with Crippen LogP contribution in [0.1, 0.15) is 26.3 Å². The van der Waals surface area contributed by atoms with Gasteiger partial charge in [-0.25, -0.2) is 4.79 Å². The molecular weight excluding hydrogens is 302 g/mol. The number of nitrogens with zero attached hydrogens (tertiary/aromatic N) is 1. The first kappa shape index (κ1) is 16.5. The van der Waals surface area contributed by atoms with Gasteiger partial charge in [0.2, 0.25) is 5.72 Å². The molecule has 4 heteroatoms. The molecule has 126 valence electrons. The third-order valence-corrected chi connectivity index (χ3v) is 4.42. The number of amides is 1. The van der Waals surface area contributed by atoms with Crippen molar-refractivity contribution < 1.29 is 14.3 Å². The molecule has 0 saturated carbocycles. The average Bonchev–Trinajstić information content (AvgIpc) is 2.79. The molecule has 2 aromatic rings. The Morgan fingerprint density at radius 3 is 2.12 bits per heavy atom. The molecule has 0 bridgehead atoms. The number of cyclic esters (lactones) is 1. The summed E-state index contributed by atoms with van der Waals surface area (Å²) in [7, 11) is 1.72. The Hall–Kier alpha value is -2.33. The minimum atomic E-state index is -0.902. The van der Waals surface area contributed by atoms with Crippen molar-refractivity contribution in [3.8, 4) is 11.1 Å². The maximum atomic E-state index is 12.1. The van der Waals surface area contributed by atoms with Gasteiger partial charge in [-0.3, -0.25) is 4.90 Å². The van der Waals surface area contributed by atoms with Gasteiger partial charge in [-0.15, -0.1) is 0 Å². The molecule has 2 aromatic carbocycles. The molecule has 1 amide bonds. The smallest absolute Gasteiger partial charge is 0.412 e. The second-order valence-electron chi connectivity index (χ2n) is 6.39. The number of hydrogen-bond donors (Lipinski definition) is 0. The highest BCUT2D eigenvalue weighted by atomic mass is 16.6. The fraction of sp³-hybridized carbons (Fsp3) is 0.350. The molecule has 2 unspecified atom stereocenters. The Morgan fingerprint density at radius 2 is 1.62 bits per heavy atom. The zero-order valence-corrected chi connectivity index (χ0v) is 14.5. The maximum Gasteiger partial charge on any atom is 0.412 e. The highest BCUT2D eigenvalue weighted by Crippen LogP contribution is 2.41. The van der Waals surface area contributed by atoms with Crippen molar-refractivity contribution in [1.29, 1.82) is 0 Å². The van der Waals surface area contributed by atoms with Crippen molar-refractivity contribution in [1.82, 2.24) is 4.90 Å². The van der Waals surface area contributed by atoms with E-state index in [1.165, 1.54) is 0 Å². The molecule has 1 saturated heterocycles. The molecule has 1 aliphatic heterocycles. The summed E-state index contributed by atoms with van der Waals surface area (Å²) >= 11 is 0. The summed E-state index contributed by atoms with van der Waals surface area (Å²) in [5, 5.41) is 0. The summed E-state index contributed by atoms with van der Waals surface area (Å²) < 4.78 is 11.6. The lowest BCUT2D eigenvalue weighted by atomic mass is 9.94. The Balaban J connectivity index is 2.02. The van der Waals surface area contributed by atoms with Gasteiger partial charge in [0, 0.05) is 12.6 Å². The van der Waals surface area contributed by atoms with Crippen LogP contribution in [0.5, 0.6) is 0 Å². The quantitative estimate of drug-likeness (QED) is 0.836. The van der Waals surface area contributed by atoms with Gasteiger partial charge in [-0.1, -0.05) is 54.6 Å². The first-order valence-electron chi connectivity index (χ1n) is 8.23. The van der Waals surface area contributed by atoms with Gasteiger partial charge in [0.05, 0.1) is 6.10 Å². The molecule has 3 rings (SSSR count). The first-order valence-corrected chi connectivity index (χ1v) is 8.23. The lowest BCUT2D eigenvalue weighted by molar-refractivity contribution is -0.171.